The average Bonchev–Trinajstić information content (AvgIpc) is 2.38. The van der Waals surface area contributed by atoms with Crippen molar-refractivity contribution in [1.82, 2.24) is 9.88 Å². The summed E-state index contributed by atoms with van der Waals surface area (Å²) in [5.74, 6) is 0.867. The Morgan fingerprint density at radius 3 is 2.79 bits per heavy atom. The van der Waals surface area contributed by atoms with Crippen molar-refractivity contribution in [2.24, 2.45) is 0 Å². The molecule has 0 saturated carbocycles. The van der Waals surface area contributed by atoms with E-state index in [0.717, 1.165) is 42.1 Å². The molecular formula is C15H22N4. The maximum Gasteiger partial charge on any atom is 0.147 e. The normalized spacial score (nSPS) is 19.6. The first-order valence-electron chi connectivity index (χ1n) is 6.82. The number of anilines is 1. The monoisotopic (exact) mass is 258 g/mol. The molecule has 19 heavy (non-hydrogen) atoms. The Labute approximate surface area is 115 Å². The molecule has 2 heterocycles. The van der Waals surface area contributed by atoms with Crippen LogP contribution in [0.3, 0.4) is 0 Å². The number of aryl methyl sites for hydroxylation is 2. The predicted octanol–water partition coefficient (Wildman–Crippen LogP) is 2.10. The molecule has 102 valence electrons. The van der Waals surface area contributed by atoms with Crippen LogP contribution in [-0.2, 0) is 0 Å². The van der Waals surface area contributed by atoms with Crippen LogP contribution in [0.5, 0.6) is 0 Å². The van der Waals surface area contributed by atoms with Crippen LogP contribution in [0.15, 0.2) is 6.07 Å². The third kappa shape index (κ3) is 2.87. The number of nitrogens with zero attached hydrogens (tertiary/aromatic N) is 4. The van der Waals surface area contributed by atoms with Gasteiger partial charge in [0.05, 0.1) is 5.56 Å². The van der Waals surface area contributed by atoms with Gasteiger partial charge in [0.2, 0.25) is 0 Å². The lowest BCUT2D eigenvalue weighted by atomic mass is 10.0. The molecule has 4 nitrogen and oxygen atoms in total. The van der Waals surface area contributed by atoms with E-state index in [0.29, 0.717) is 6.04 Å². The lowest BCUT2D eigenvalue weighted by Crippen LogP contribution is -2.45. The van der Waals surface area contributed by atoms with E-state index < -0.39 is 0 Å². The largest absolute Gasteiger partial charge is 0.354 e. The van der Waals surface area contributed by atoms with Gasteiger partial charge in [0, 0.05) is 24.8 Å². The van der Waals surface area contributed by atoms with Crippen LogP contribution in [0, 0.1) is 25.2 Å². The Morgan fingerprint density at radius 1 is 1.42 bits per heavy atom. The zero-order valence-corrected chi connectivity index (χ0v) is 12.3. The van der Waals surface area contributed by atoms with Crippen molar-refractivity contribution >= 4 is 5.82 Å². The molecule has 0 N–H and O–H groups in total. The van der Waals surface area contributed by atoms with Gasteiger partial charge in [-0.1, -0.05) is 0 Å². The second-order valence-electron chi connectivity index (χ2n) is 5.60. The summed E-state index contributed by atoms with van der Waals surface area (Å²) in [7, 11) is 4.24. The highest BCUT2D eigenvalue weighted by Gasteiger charge is 2.24. The van der Waals surface area contributed by atoms with Crippen LogP contribution in [0.1, 0.15) is 29.7 Å². The zero-order valence-electron chi connectivity index (χ0n) is 12.3. The van der Waals surface area contributed by atoms with E-state index in [4.69, 9.17) is 0 Å². The van der Waals surface area contributed by atoms with E-state index in [1.165, 1.54) is 6.42 Å². The van der Waals surface area contributed by atoms with Crippen LogP contribution < -0.4 is 4.90 Å². The molecule has 0 bridgehead atoms. The van der Waals surface area contributed by atoms with Crippen LogP contribution in [0.4, 0.5) is 5.82 Å². The molecule has 0 amide bonds. The highest BCUT2D eigenvalue weighted by Crippen LogP contribution is 2.25. The first kappa shape index (κ1) is 13.8. The number of piperidine rings is 1. The number of rotatable bonds is 2. The predicted molar refractivity (Wildman–Crippen MR) is 77.3 cm³/mol. The molecule has 1 saturated heterocycles. The van der Waals surface area contributed by atoms with Crippen LogP contribution >= 0.6 is 0 Å². The van der Waals surface area contributed by atoms with Crippen LogP contribution in [0.25, 0.3) is 0 Å². The molecule has 4 heteroatoms. The van der Waals surface area contributed by atoms with Crippen molar-refractivity contribution in [3.63, 3.8) is 0 Å². The number of nitriles is 1. The molecule has 1 fully saturated rings. The summed E-state index contributed by atoms with van der Waals surface area (Å²) in [6.07, 6.45) is 2.37. The van der Waals surface area contributed by atoms with Gasteiger partial charge in [-0.25, -0.2) is 4.98 Å². The van der Waals surface area contributed by atoms with E-state index in [1.807, 2.05) is 19.9 Å². The summed E-state index contributed by atoms with van der Waals surface area (Å²) >= 11 is 0. The standard InChI is InChI=1S/C15H22N4/c1-11-8-12(2)17-15(14(11)9-16)19-7-5-6-13(10-19)18(3)4/h8,13H,5-7,10H2,1-4H3. The summed E-state index contributed by atoms with van der Waals surface area (Å²) in [5, 5.41) is 9.37. The highest BCUT2D eigenvalue weighted by molar-refractivity contribution is 5.58. The van der Waals surface area contributed by atoms with E-state index in [-0.39, 0.29) is 0 Å². The number of pyridine rings is 1. The second kappa shape index (κ2) is 5.58. The molecule has 2 rings (SSSR count). The van der Waals surface area contributed by atoms with E-state index in [2.05, 4.69) is 34.9 Å². The van der Waals surface area contributed by atoms with Gasteiger partial charge < -0.3 is 9.80 Å². The molecule has 1 aliphatic heterocycles. The van der Waals surface area contributed by atoms with Gasteiger partial charge in [-0.05, 0) is 52.4 Å². The summed E-state index contributed by atoms with van der Waals surface area (Å²) in [4.78, 5) is 9.14. The Kier molecular flexibility index (Phi) is 4.06. The molecule has 0 aliphatic carbocycles. The third-order valence-electron chi connectivity index (χ3n) is 3.86. The van der Waals surface area contributed by atoms with Gasteiger partial charge in [-0.2, -0.15) is 5.26 Å². The minimum atomic E-state index is 0.544. The maximum atomic E-state index is 9.37. The lowest BCUT2D eigenvalue weighted by Gasteiger charge is -2.37. The van der Waals surface area contributed by atoms with Gasteiger partial charge in [0.25, 0.3) is 0 Å². The molecule has 1 atom stereocenters. The average molecular weight is 258 g/mol. The first-order chi connectivity index (χ1) is 9.02. The summed E-state index contributed by atoms with van der Waals surface area (Å²) in [6.45, 7) is 5.93. The summed E-state index contributed by atoms with van der Waals surface area (Å²) in [6, 6.07) is 4.84. The Balaban J connectivity index is 2.33. The number of aromatic nitrogens is 1. The van der Waals surface area contributed by atoms with Gasteiger partial charge >= 0.3 is 0 Å². The number of likely N-dealkylation sites (N-methyl/N-ethyl adjacent to an activating group) is 1. The highest BCUT2D eigenvalue weighted by atomic mass is 15.2. The smallest absolute Gasteiger partial charge is 0.147 e. The summed E-state index contributed by atoms with van der Waals surface area (Å²) < 4.78 is 0. The minimum Gasteiger partial charge on any atom is -0.354 e. The lowest BCUT2D eigenvalue weighted by molar-refractivity contribution is 0.257. The van der Waals surface area contributed by atoms with E-state index in [9.17, 15) is 5.26 Å². The fraction of sp³-hybridized carbons (Fsp3) is 0.600. The maximum absolute atomic E-state index is 9.37. The van der Waals surface area contributed by atoms with Crippen molar-refractivity contribution in [3.8, 4) is 6.07 Å². The molecule has 1 aliphatic rings. The van der Waals surface area contributed by atoms with E-state index >= 15 is 0 Å². The molecule has 0 aromatic carbocycles. The second-order valence-corrected chi connectivity index (χ2v) is 5.60. The first-order valence-corrected chi connectivity index (χ1v) is 6.82. The van der Waals surface area contributed by atoms with Crippen molar-refractivity contribution in [2.75, 3.05) is 32.1 Å². The molecule has 1 aromatic heterocycles. The van der Waals surface area contributed by atoms with Crippen molar-refractivity contribution in [2.45, 2.75) is 32.7 Å². The van der Waals surface area contributed by atoms with Gasteiger partial charge in [0.15, 0.2) is 0 Å². The number of hydrogen-bond acceptors (Lipinski definition) is 4. The van der Waals surface area contributed by atoms with E-state index in [1.54, 1.807) is 0 Å². The molecule has 1 aromatic rings. The fourth-order valence-electron chi connectivity index (χ4n) is 2.75. The van der Waals surface area contributed by atoms with Crippen molar-refractivity contribution < 1.29 is 0 Å². The Morgan fingerprint density at radius 2 is 2.16 bits per heavy atom. The minimum absolute atomic E-state index is 0.544. The third-order valence-corrected chi connectivity index (χ3v) is 3.86. The van der Waals surface area contributed by atoms with Crippen molar-refractivity contribution in [3.05, 3.63) is 22.9 Å². The van der Waals surface area contributed by atoms with Gasteiger partial charge in [-0.3, -0.25) is 0 Å². The molecule has 1 unspecified atom stereocenters. The Hall–Kier alpha value is -1.60. The Bertz CT molecular complexity index is 502. The van der Waals surface area contributed by atoms with Gasteiger partial charge in [-0.15, -0.1) is 0 Å². The zero-order chi connectivity index (χ0) is 14.0. The molecule has 0 radical (unpaired) electrons. The van der Waals surface area contributed by atoms with Crippen molar-refractivity contribution in [1.29, 1.82) is 5.26 Å². The van der Waals surface area contributed by atoms with Crippen LogP contribution in [0.2, 0.25) is 0 Å². The fourth-order valence-corrected chi connectivity index (χ4v) is 2.75. The SMILES string of the molecule is Cc1cc(C)c(C#N)c(N2CCCC(N(C)C)C2)n1. The quantitative estimate of drug-likeness (QED) is 0.815. The molecule has 0 spiro atoms. The topological polar surface area (TPSA) is 43.2 Å². The van der Waals surface area contributed by atoms with Crippen LogP contribution in [-0.4, -0.2) is 43.1 Å². The number of hydrogen-bond donors (Lipinski definition) is 0. The molecular weight excluding hydrogens is 236 g/mol. The summed E-state index contributed by atoms with van der Waals surface area (Å²) in [5.41, 5.74) is 2.74. The van der Waals surface area contributed by atoms with Gasteiger partial charge in [0.1, 0.15) is 11.9 Å².